The maximum atomic E-state index is 3.81. The summed E-state index contributed by atoms with van der Waals surface area (Å²) in [4.78, 5) is 2.78. The van der Waals surface area contributed by atoms with E-state index in [1.54, 1.807) is 0 Å². The van der Waals surface area contributed by atoms with E-state index in [-0.39, 0.29) is 0 Å². The molecule has 112 valence electrons. The summed E-state index contributed by atoms with van der Waals surface area (Å²) >= 11 is 0. The minimum absolute atomic E-state index is 0.472. The van der Waals surface area contributed by atoms with Crippen molar-refractivity contribution in [3.8, 4) is 0 Å². The summed E-state index contributed by atoms with van der Waals surface area (Å²) in [6.07, 6.45) is 5.64. The molecule has 1 aliphatic carbocycles. The fraction of sp³-hybridized carbons (Fsp3) is 1.00. The summed E-state index contributed by atoms with van der Waals surface area (Å²) in [5.41, 5.74) is 0.472. The van der Waals surface area contributed by atoms with Gasteiger partial charge in [0, 0.05) is 25.2 Å². The Morgan fingerprint density at radius 2 is 1.84 bits per heavy atom. The maximum absolute atomic E-state index is 3.81. The molecule has 2 heteroatoms. The van der Waals surface area contributed by atoms with Crippen LogP contribution in [0.3, 0.4) is 0 Å². The lowest BCUT2D eigenvalue weighted by Crippen LogP contribution is -2.51. The molecule has 0 aromatic carbocycles. The van der Waals surface area contributed by atoms with Gasteiger partial charge in [-0.05, 0) is 49.5 Å². The molecule has 2 fully saturated rings. The highest BCUT2D eigenvalue weighted by molar-refractivity contribution is 4.93. The number of nitrogens with zero attached hydrogens (tertiary/aromatic N) is 1. The van der Waals surface area contributed by atoms with E-state index in [1.807, 2.05) is 0 Å². The molecule has 2 aliphatic rings. The molecule has 1 aliphatic heterocycles. The van der Waals surface area contributed by atoms with E-state index in [9.17, 15) is 0 Å². The number of hydrogen-bond acceptors (Lipinski definition) is 2. The van der Waals surface area contributed by atoms with Gasteiger partial charge in [0.25, 0.3) is 0 Å². The van der Waals surface area contributed by atoms with E-state index >= 15 is 0 Å². The van der Waals surface area contributed by atoms with Crippen LogP contribution < -0.4 is 5.32 Å². The monoisotopic (exact) mass is 266 g/mol. The van der Waals surface area contributed by atoms with Gasteiger partial charge in [0.1, 0.15) is 0 Å². The molecule has 0 spiro atoms. The number of piperidine rings is 1. The molecule has 2 unspecified atom stereocenters. The van der Waals surface area contributed by atoms with Gasteiger partial charge in [-0.25, -0.2) is 0 Å². The van der Waals surface area contributed by atoms with Gasteiger partial charge in [0.2, 0.25) is 0 Å². The number of likely N-dealkylation sites (tertiary alicyclic amines) is 1. The molecule has 1 saturated carbocycles. The second-order valence-corrected chi connectivity index (χ2v) is 8.55. The summed E-state index contributed by atoms with van der Waals surface area (Å²) in [5, 5.41) is 3.81. The average molecular weight is 266 g/mol. The molecule has 2 nitrogen and oxygen atoms in total. The maximum Gasteiger partial charge on any atom is 0.0198 e. The van der Waals surface area contributed by atoms with Crippen LogP contribution in [0.25, 0.3) is 0 Å². The third kappa shape index (κ3) is 5.43. The van der Waals surface area contributed by atoms with Gasteiger partial charge in [-0.1, -0.05) is 34.6 Å². The van der Waals surface area contributed by atoms with Crippen LogP contribution in [0.4, 0.5) is 0 Å². The number of hydrogen-bond donors (Lipinski definition) is 1. The zero-order valence-electron chi connectivity index (χ0n) is 13.7. The first-order valence-electron chi connectivity index (χ1n) is 8.31. The fourth-order valence-electron chi connectivity index (χ4n) is 3.54. The average Bonchev–Trinajstić information content (AvgIpc) is 3.07. The molecule has 2 atom stereocenters. The van der Waals surface area contributed by atoms with E-state index in [2.05, 4.69) is 44.8 Å². The van der Waals surface area contributed by atoms with Gasteiger partial charge in [-0.3, -0.25) is 4.90 Å². The summed E-state index contributed by atoms with van der Waals surface area (Å²) in [7, 11) is 0. The van der Waals surface area contributed by atoms with Crippen LogP contribution in [0, 0.1) is 17.3 Å². The Bertz CT molecular complexity index is 275. The topological polar surface area (TPSA) is 15.3 Å². The summed E-state index contributed by atoms with van der Waals surface area (Å²) in [6, 6.07) is 1.65. The zero-order chi connectivity index (χ0) is 14.0. The fourth-order valence-corrected chi connectivity index (χ4v) is 3.54. The lowest BCUT2D eigenvalue weighted by molar-refractivity contribution is 0.106. The van der Waals surface area contributed by atoms with Crippen molar-refractivity contribution in [2.45, 2.75) is 72.4 Å². The van der Waals surface area contributed by atoms with Crippen molar-refractivity contribution in [1.82, 2.24) is 10.2 Å². The van der Waals surface area contributed by atoms with E-state index in [1.165, 1.54) is 45.3 Å². The van der Waals surface area contributed by atoms with Crippen molar-refractivity contribution in [3.63, 3.8) is 0 Å². The van der Waals surface area contributed by atoms with Crippen LogP contribution in [0.1, 0.15) is 60.3 Å². The van der Waals surface area contributed by atoms with Crippen LogP contribution in [0.15, 0.2) is 0 Å². The molecule has 0 amide bonds. The van der Waals surface area contributed by atoms with Crippen molar-refractivity contribution in [2.24, 2.45) is 17.3 Å². The Labute approximate surface area is 120 Å². The first-order chi connectivity index (χ1) is 8.83. The van der Waals surface area contributed by atoms with Crippen molar-refractivity contribution in [2.75, 3.05) is 19.6 Å². The van der Waals surface area contributed by atoms with Gasteiger partial charge >= 0.3 is 0 Å². The van der Waals surface area contributed by atoms with Crippen molar-refractivity contribution in [1.29, 1.82) is 0 Å². The SMILES string of the molecule is CC(C)CNC1CC(CC(C)(C)C)CN(C2CC2)C1. The van der Waals surface area contributed by atoms with Crippen molar-refractivity contribution < 1.29 is 0 Å². The first kappa shape index (κ1) is 15.3. The van der Waals surface area contributed by atoms with E-state index < -0.39 is 0 Å². The number of rotatable bonds is 5. The van der Waals surface area contributed by atoms with Gasteiger partial charge in [0.05, 0.1) is 0 Å². The molecule has 1 N–H and O–H groups in total. The molecule has 0 radical (unpaired) electrons. The first-order valence-corrected chi connectivity index (χ1v) is 8.31. The summed E-state index contributed by atoms with van der Waals surface area (Å²) in [5.74, 6) is 1.65. The smallest absolute Gasteiger partial charge is 0.0198 e. The van der Waals surface area contributed by atoms with Crippen LogP contribution in [0.2, 0.25) is 0 Å². The minimum Gasteiger partial charge on any atom is -0.312 e. The predicted molar refractivity (Wildman–Crippen MR) is 83.4 cm³/mol. The molecule has 1 saturated heterocycles. The van der Waals surface area contributed by atoms with Crippen LogP contribution in [0.5, 0.6) is 0 Å². The Morgan fingerprint density at radius 1 is 1.16 bits per heavy atom. The van der Waals surface area contributed by atoms with E-state index in [0.717, 1.165) is 23.9 Å². The lowest BCUT2D eigenvalue weighted by Gasteiger charge is -2.40. The standard InChI is InChI=1S/C17H34N2/c1-13(2)10-18-15-8-14(9-17(3,4)5)11-19(12-15)16-6-7-16/h13-16,18H,6-12H2,1-5H3. The lowest BCUT2D eigenvalue weighted by atomic mass is 9.80. The second-order valence-electron chi connectivity index (χ2n) is 8.55. The molecule has 0 bridgehead atoms. The highest BCUT2D eigenvalue weighted by Gasteiger charge is 2.36. The van der Waals surface area contributed by atoms with E-state index in [0.29, 0.717) is 5.41 Å². The Balaban J connectivity index is 1.88. The number of nitrogens with one attached hydrogen (secondary N) is 1. The second kappa shape index (κ2) is 6.13. The van der Waals surface area contributed by atoms with Gasteiger partial charge in [0.15, 0.2) is 0 Å². The molecular weight excluding hydrogens is 232 g/mol. The van der Waals surface area contributed by atoms with E-state index in [4.69, 9.17) is 0 Å². The van der Waals surface area contributed by atoms with Gasteiger partial charge in [-0.2, -0.15) is 0 Å². The van der Waals surface area contributed by atoms with Crippen LogP contribution in [-0.4, -0.2) is 36.6 Å². The Hall–Kier alpha value is -0.0800. The van der Waals surface area contributed by atoms with Crippen molar-refractivity contribution >= 4 is 0 Å². The molecule has 0 aromatic heterocycles. The largest absolute Gasteiger partial charge is 0.312 e. The zero-order valence-corrected chi connectivity index (χ0v) is 13.7. The molecule has 1 heterocycles. The minimum atomic E-state index is 0.472. The third-order valence-electron chi connectivity index (χ3n) is 4.34. The quantitative estimate of drug-likeness (QED) is 0.819. The summed E-state index contributed by atoms with van der Waals surface area (Å²) in [6.45, 7) is 15.6. The molecule has 0 aromatic rings. The highest BCUT2D eigenvalue weighted by atomic mass is 15.2. The predicted octanol–water partition coefficient (Wildman–Crippen LogP) is 3.52. The van der Waals surface area contributed by atoms with Crippen LogP contribution >= 0.6 is 0 Å². The van der Waals surface area contributed by atoms with Gasteiger partial charge < -0.3 is 5.32 Å². The van der Waals surface area contributed by atoms with Crippen LogP contribution in [-0.2, 0) is 0 Å². The summed E-state index contributed by atoms with van der Waals surface area (Å²) < 4.78 is 0. The van der Waals surface area contributed by atoms with Crippen molar-refractivity contribution in [3.05, 3.63) is 0 Å². The molecule has 19 heavy (non-hydrogen) atoms. The highest BCUT2D eigenvalue weighted by Crippen LogP contribution is 2.35. The Kier molecular flexibility index (Phi) is 4.94. The Morgan fingerprint density at radius 3 is 2.37 bits per heavy atom. The third-order valence-corrected chi connectivity index (χ3v) is 4.34. The normalized spacial score (nSPS) is 30.0. The molecular formula is C17H34N2. The molecule has 2 rings (SSSR count). The van der Waals surface area contributed by atoms with Gasteiger partial charge in [-0.15, -0.1) is 0 Å².